The topological polar surface area (TPSA) is 88.5 Å². The highest BCUT2D eigenvalue weighted by Gasteiger charge is 2.07. The van der Waals surface area contributed by atoms with E-state index in [4.69, 9.17) is 10.1 Å². The summed E-state index contributed by atoms with van der Waals surface area (Å²) >= 11 is 3.30. The van der Waals surface area contributed by atoms with Gasteiger partial charge in [-0.3, -0.25) is 10.1 Å². The predicted molar refractivity (Wildman–Crippen MR) is 84.8 cm³/mol. The highest BCUT2D eigenvalue weighted by molar-refractivity contribution is 9.10. The summed E-state index contributed by atoms with van der Waals surface area (Å²) in [6.45, 7) is 1.71. The molecule has 2 aromatic carbocycles. The van der Waals surface area contributed by atoms with Crippen LogP contribution in [0.3, 0.4) is 0 Å². The van der Waals surface area contributed by atoms with Gasteiger partial charge in [-0.25, -0.2) is 0 Å². The van der Waals surface area contributed by atoms with Gasteiger partial charge in [-0.15, -0.1) is 0 Å². The standard InChI is InChI=1S/C15H10BrN3O3/c1-10(11-3-6-14(7-4-11)19(20)21)18-22-15-8-13(16)5-2-12(15)9-17/h2-8H,1H3/b18-10-. The SMILES string of the molecule is C/C(=N/Oc1cc(Br)ccc1C#N)c1ccc([N+](=O)[O-])cc1. The number of nitriles is 1. The monoisotopic (exact) mass is 359 g/mol. The molecular formula is C15H10BrN3O3. The summed E-state index contributed by atoms with van der Waals surface area (Å²) in [6.07, 6.45) is 0. The Kier molecular flexibility index (Phi) is 4.86. The number of benzene rings is 2. The van der Waals surface area contributed by atoms with Gasteiger partial charge in [0.15, 0.2) is 5.75 Å². The summed E-state index contributed by atoms with van der Waals surface area (Å²) in [6, 6.07) is 13.0. The Morgan fingerprint density at radius 1 is 1.32 bits per heavy atom. The van der Waals surface area contributed by atoms with Crippen molar-refractivity contribution in [2.75, 3.05) is 0 Å². The Balaban J connectivity index is 2.21. The van der Waals surface area contributed by atoms with Gasteiger partial charge in [0.25, 0.3) is 5.69 Å². The van der Waals surface area contributed by atoms with Crippen LogP contribution in [-0.2, 0) is 0 Å². The second kappa shape index (κ2) is 6.83. The van der Waals surface area contributed by atoms with E-state index in [2.05, 4.69) is 21.1 Å². The normalized spacial score (nSPS) is 10.9. The first kappa shape index (κ1) is 15.7. The molecule has 0 saturated carbocycles. The van der Waals surface area contributed by atoms with Gasteiger partial charge in [0, 0.05) is 16.6 Å². The van der Waals surface area contributed by atoms with Gasteiger partial charge in [0.05, 0.1) is 16.2 Å². The first-order chi connectivity index (χ1) is 10.5. The molecule has 7 heteroatoms. The number of halogens is 1. The fourth-order valence-electron chi connectivity index (χ4n) is 1.66. The van der Waals surface area contributed by atoms with Crippen LogP contribution in [0.5, 0.6) is 5.75 Å². The van der Waals surface area contributed by atoms with Crippen LogP contribution in [0.2, 0.25) is 0 Å². The molecule has 0 N–H and O–H groups in total. The maximum atomic E-state index is 10.6. The van der Waals surface area contributed by atoms with Crippen molar-refractivity contribution in [2.45, 2.75) is 6.92 Å². The number of nitrogens with zero attached hydrogens (tertiary/aromatic N) is 3. The zero-order chi connectivity index (χ0) is 16.1. The van der Waals surface area contributed by atoms with E-state index < -0.39 is 4.92 Å². The summed E-state index contributed by atoms with van der Waals surface area (Å²) in [5, 5.41) is 23.6. The molecule has 2 rings (SSSR count). The molecule has 0 spiro atoms. The Labute approximate surface area is 134 Å². The molecule has 0 radical (unpaired) electrons. The van der Waals surface area contributed by atoms with Gasteiger partial charge in [-0.2, -0.15) is 5.26 Å². The lowest BCUT2D eigenvalue weighted by Crippen LogP contribution is -1.99. The lowest BCUT2D eigenvalue weighted by Gasteiger charge is -2.04. The molecule has 0 aliphatic carbocycles. The number of hydrogen-bond acceptors (Lipinski definition) is 5. The molecular weight excluding hydrogens is 350 g/mol. The summed E-state index contributed by atoms with van der Waals surface area (Å²) in [5.41, 5.74) is 1.61. The fraction of sp³-hybridized carbons (Fsp3) is 0.0667. The number of non-ortho nitro benzene ring substituents is 1. The summed E-state index contributed by atoms with van der Waals surface area (Å²) < 4.78 is 0.768. The average molecular weight is 360 g/mol. The summed E-state index contributed by atoms with van der Waals surface area (Å²) in [4.78, 5) is 15.5. The molecule has 2 aromatic rings. The highest BCUT2D eigenvalue weighted by atomic mass is 79.9. The van der Waals surface area contributed by atoms with Crippen molar-refractivity contribution in [3.8, 4) is 11.8 Å². The molecule has 0 bridgehead atoms. The van der Waals surface area contributed by atoms with Crippen LogP contribution < -0.4 is 4.84 Å². The van der Waals surface area contributed by atoms with Gasteiger partial charge >= 0.3 is 0 Å². The van der Waals surface area contributed by atoms with E-state index in [9.17, 15) is 10.1 Å². The Hall–Kier alpha value is -2.72. The molecule has 0 fully saturated rings. The smallest absolute Gasteiger partial charge is 0.269 e. The Morgan fingerprint density at radius 2 is 2.00 bits per heavy atom. The lowest BCUT2D eigenvalue weighted by atomic mass is 10.1. The van der Waals surface area contributed by atoms with Gasteiger partial charge in [-0.05, 0) is 42.8 Å². The summed E-state index contributed by atoms with van der Waals surface area (Å²) in [5.74, 6) is 0.332. The quantitative estimate of drug-likeness (QED) is 0.468. The number of rotatable bonds is 4. The van der Waals surface area contributed by atoms with E-state index in [1.807, 2.05) is 6.07 Å². The van der Waals surface area contributed by atoms with Gasteiger partial charge in [0.1, 0.15) is 6.07 Å². The van der Waals surface area contributed by atoms with Crippen LogP contribution in [0.25, 0.3) is 0 Å². The van der Waals surface area contributed by atoms with E-state index in [0.29, 0.717) is 22.6 Å². The van der Waals surface area contributed by atoms with E-state index in [1.54, 1.807) is 37.3 Å². The summed E-state index contributed by atoms with van der Waals surface area (Å²) in [7, 11) is 0. The van der Waals surface area contributed by atoms with Crippen molar-refractivity contribution >= 4 is 27.3 Å². The van der Waals surface area contributed by atoms with Crippen LogP contribution in [0, 0.1) is 21.4 Å². The van der Waals surface area contributed by atoms with Crippen LogP contribution >= 0.6 is 15.9 Å². The van der Waals surface area contributed by atoms with Crippen molar-refractivity contribution in [3.05, 3.63) is 68.2 Å². The average Bonchev–Trinajstić information content (AvgIpc) is 2.52. The highest BCUT2D eigenvalue weighted by Crippen LogP contribution is 2.23. The second-order valence-electron chi connectivity index (χ2n) is 4.32. The number of oxime groups is 1. The van der Waals surface area contributed by atoms with Crippen molar-refractivity contribution in [2.24, 2.45) is 5.16 Å². The van der Waals surface area contributed by atoms with Crippen molar-refractivity contribution in [3.63, 3.8) is 0 Å². The van der Waals surface area contributed by atoms with Crippen LogP contribution in [0.1, 0.15) is 18.1 Å². The molecule has 6 nitrogen and oxygen atoms in total. The Bertz CT molecular complexity index is 780. The van der Waals surface area contributed by atoms with Gasteiger partial charge < -0.3 is 4.84 Å². The van der Waals surface area contributed by atoms with Crippen LogP contribution in [0.4, 0.5) is 5.69 Å². The molecule has 0 amide bonds. The van der Waals surface area contributed by atoms with Gasteiger partial charge in [-0.1, -0.05) is 21.1 Å². The molecule has 0 unspecified atom stereocenters. The third-order valence-electron chi connectivity index (χ3n) is 2.84. The van der Waals surface area contributed by atoms with Crippen molar-refractivity contribution in [1.29, 1.82) is 5.26 Å². The first-order valence-electron chi connectivity index (χ1n) is 6.17. The molecule has 0 saturated heterocycles. The third-order valence-corrected chi connectivity index (χ3v) is 3.33. The molecule has 22 heavy (non-hydrogen) atoms. The molecule has 0 aliphatic heterocycles. The Morgan fingerprint density at radius 3 is 2.59 bits per heavy atom. The molecule has 0 atom stereocenters. The molecule has 110 valence electrons. The minimum absolute atomic E-state index is 0.0104. The van der Waals surface area contributed by atoms with Crippen molar-refractivity contribution < 1.29 is 9.76 Å². The van der Waals surface area contributed by atoms with Crippen LogP contribution in [-0.4, -0.2) is 10.6 Å². The minimum Gasteiger partial charge on any atom is -0.355 e. The van der Waals surface area contributed by atoms with E-state index in [1.165, 1.54) is 12.1 Å². The largest absolute Gasteiger partial charge is 0.355 e. The molecule has 0 aliphatic rings. The first-order valence-corrected chi connectivity index (χ1v) is 6.96. The number of nitro groups is 1. The molecule has 0 aromatic heterocycles. The van der Waals surface area contributed by atoms with E-state index >= 15 is 0 Å². The number of hydrogen-bond donors (Lipinski definition) is 0. The third kappa shape index (κ3) is 3.68. The zero-order valence-electron chi connectivity index (χ0n) is 11.5. The predicted octanol–water partition coefficient (Wildman–Crippen LogP) is 4.03. The van der Waals surface area contributed by atoms with Crippen LogP contribution in [0.15, 0.2) is 52.1 Å². The number of nitro benzene ring substituents is 1. The lowest BCUT2D eigenvalue weighted by molar-refractivity contribution is -0.384. The minimum atomic E-state index is -0.465. The maximum absolute atomic E-state index is 10.6. The van der Waals surface area contributed by atoms with E-state index in [-0.39, 0.29) is 5.69 Å². The maximum Gasteiger partial charge on any atom is 0.269 e. The van der Waals surface area contributed by atoms with Gasteiger partial charge in [0.2, 0.25) is 0 Å². The van der Waals surface area contributed by atoms with Crippen molar-refractivity contribution in [1.82, 2.24) is 0 Å². The van der Waals surface area contributed by atoms with E-state index in [0.717, 1.165) is 4.47 Å². The fourth-order valence-corrected chi connectivity index (χ4v) is 2.00. The molecule has 0 heterocycles. The zero-order valence-corrected chi connectivity index (χ0v) is 13.1. The second-order valence-corrected chi connectivity index (χ2v) is 5.24.